The van der Waals surface area contributed by atoms with Crippen molar-refractivity contribution in [3.63, 3.8) is 0 Å². The molecule has 3 amide bonds. The molecule has 2 bridgehead atoms. The Kier molecular flexibility index (Phi) is 10.3. The number of thioether (sulfide) groups is 1. The Hall–Kier alpha value is -1.80. The fraction of sp³-hybridized carbons (Fsp3) is 0.759. The van der Waals surface area contributed by atoms with E-state index in [0.29, 0.717) is 26.2 Å². The quantitative estimate of drug-likeness (QED) is 0.256. The topological polar surface area (TPSA) is 81.2 Å². The minimum atomic E-state index is -0.682. The highest BCUT2D eigenvalue weighted by molar-refractivity contribution is 8.02. The molecule has 37 heavy (non-hydrogen) atoms. The van der Waals surface area contributed by atoms with Crippen molar-refractivity contribution in [2.24, 2.45) is 17.8 Å². The summed E-state index contributed by atoms with van der Waals surface area (Å²) in [6.45, 7) is 17.7. The lowest BCUT2D eigenvalue weighted by Gasteiger charge is -2.40. The molecule has 6 atom stereocenters. The van der Waals surface area contributed by atoms with Crippen molar-refractivity contribution >= 4 is 29.5 Å². The second-order valence-corrected chi connectivity index (χ2v) is 12.7. The van der Waals surface area contributed by atoms with Gasteiger partial charge in [-0.1, -0.05) is 52.7 Å². The monoisotopic (exact) mass is 533 g/mol. The molecule has 3 heterocycles. The maximum Gasteiger partial charge on any atom is 0.247 e. The highest BCUT2D eigenvalue weighted by Gasteiger charge is 2.74. The minimum Gasteiger partial charge on any atom is -0.394 e. The van der Waals surface area contributed by atoms with Crippen LogP contribution < -0.4 is 0 Å². The summed E-state index contributed by atoms with van der Waals surface area (Å²) in [6, 6.07) is -1.16. The number of rotatable bonds is 15. The van der Waals surface area contributed by atoms with E-state index in [2.05, 4.69) is 20.1 Å². The molecule has 7 nitrogen and oxygen atoms in total. The molecule has 0 saturated carbocycles. The first kappa shape index (κ1) is 29.8. The zero-order chi connectivity index (χ0) is 27.3. The van der Waals surface area contributed by atoms with Gasteiger partial charge in [0, 0.05) is 31.4 Å². The van der Waals surface area contributed by atoms with E-state index in [9.17, 15) is 19.5 Å². The van der Waals surface area contributed by atoms with E-state index in [1.807, 2.05) is 30.6 Å². The van der Waals surface area contributed by atoms with Crippen LogP contribution in [0.15, 0.2) is 25.3 Å². The predicted molar refractivity (Wildman–Crippen MR) is 150 cm³/mol. The van der Waals surface area contributed by atoms with Crippen LogP contribution in [0.3, 0.4) is 0 Å². The Balaban J connectivity index is 2.06. The second-order valence-electron chi connectivity index (χ2n) is 11.1. The molecule has 1 N–H and O–H groups in total. The van der Waals surface area contributed by atoms with Gasteiger partial charge >= 0.3 is 0 Å². The zero-order valence-electron chi connectivity index (χ0n) is 23.2. The number of unbranched alkanes of at least 4 members (excludes halogenated alkanes) is 2. The van der Waals surface area contributed by atoms with Crippen molar-refractivity contribution in [3.8, 4) is 0 Å². The Bertz CT molecular complexity index is 864. The van der Waals surface area contributed by atoms with Gasteiger partial charge in [-0.25, -0.2) is 0 Å². The average Bonchev–Trinajstić information content (AvgIpc) is 3.51. The number of nitrogens with zero attached hydrogens (tertiary/aromatic N) is 3. The lowest BCUT2D eigenvalue weighted by molar-refractivity contribution is -0.148. The number of aliphatic hydroxyl groups is 1. The third kappa shape index (κ3) is 5.38. The molecule has 3 fully saturated rings. The van der Waals surface area contributed by atoms with Crippen LogP contribution in [-0.4, -0.2) is 92.4 Å². The summed E-state index contributed by atoms with van der Waals surface area (Å²) in [6.07, 6.45) is 8.84. The smallest absolute Gasteiger partial charge is 0.247 e. The van der Waals surface area contributed by atoms with Crippen LogP contribution >= 0.6 is 11.8 Å². The fourth-order valence-corrected chi connectivity index (χ4v) is 8.92. The third-order valence-electron chi connectivity index (χ3n) is 8.42. The number of hydrogen-bond donors (Lipinski definition) is 1. The molecule has 2 unspecified atom stereocenters. The van der Waals surface area contributed by atoms with Crippen molar-refractivity contribution < 1.29 is 19.5 Å². The first-order chi connectivity index (χ1) is 17.7. The van der Waals surface area contributed by atoms with Crippen molar-refractivity contribution in [1.29, 1.82) is 0 Å². The normalized spacial score (nSPS) is 28.9. The highest BCUT2D eigenvalue weighted by atomic mass is 32.2. The van der Waals surface area contributed by atoms with E-state index in [1.54, 1.807) is 28.8 Å². The summed E-state index contributed by atoms with van der Waals surface area (Å²) in [5.41, 5.74) is 0. The van der Waals surface area contributed by atoms with Gasteiger partial charge in [-0.15, -0.1) is 24.9 Å². The van der Waals surface area contributed by atoms with Gasteiger partial charge in [0.05, 0.1) is 29.2 Å². The Morgan fingerprint density at radius 2 is 1.76 bits per heavy atom. The van der Waals surface area contributed by atoms with Crippen LogP contribution in [0, 0.1) is 17.8 Å². The molecule has 3 aliphatic heterocycles. The zero-order valence-corrected chi connectivity index (χ0v) is 24.0. The van der Waals surface area contributed by atoms with Crippen LogP contribution in [0.2, 0.25) is 0 Å². The number of carbonyl (C=O) groups is 3. The van der Waals surface area contributed by atoms with Gasteiger partial charge in [-0.3, -0.25) is 14.4 Å². The molecule has 1 spiro atoms. The largest absolute Gasteiger partial charge is 0.394 e. The average molecular weight is 534 g/mol. The first-order valence-electron chi connectivity index (χ1n) is 14.1. The highest BCUT2D eigenvalue weighted by Crippen LogP contribution is 2.67. The maximum atomic E-state index is 14.3. The molecule has 0 radical (unpaired) electrons. The van der Waals surface area contributed by atoms with Crippen molar-refractivity contribution in [2.45, 2.75) is 88.3 Å². The summed E-state index contributed by atoms with van der Waals surface area (Å²) in [7, 11) is 0. The van der Waals surface area contributed by atoms with E-state index in [1.165, 1.54) is 0 Å². The lowest BCUT2D eigenvalue weighted by Crippen LogP contribution is -2.58. The number of amides is 3. The molecule has 0 aliphatic carbocycles. The molecular weight excluding hydrogens is 486 g/mol. The van der Waals surface area contributed by atoms with Gasteiger partial charge in [-0.05, 0) is 31.6 Å². The standard InChI is InChI=1S/C29H47N3O4S/c1-7-11-12-18-31(17-10-4)28(36)25-29-14-13-22(37-29)23(26(34)30(15-8-2)16-9-3)24(29)27(35)32(25)21(19-33)20(5)6/h8,10,20-25,33H,2,4,7,9,11-19H2,1,3,5-6H3/t21-,22-,23+,24-,25?,29?/m0/s1. The number of carbonyl (C=O) groups excluding carboxylic acids is 3. The molecule has 0 aromatic carbocycles. The van der Waals surface area contributed by atoms with Crippen LogP contribution in [0.4, 0.5) is 0 Å². The third-order valence-corrected chi connectivity index (χ3v) is 10.4. The molecule has 8 heteroatoms. The summed E-state index contributed by atoms with van der Waals surface area (Å²) < 4.78 is -0.641. The Labute approximate surface area is 227 Å². The number of aliphatic hydroxyl groups excluding tert-OH is 1. The van der Waals surface area contributed by atoms with E-state index in [4.69, 9.17) is 0 Å². The molecular formula is C29H47N3O4S. The molecule has 3 aliphatic rings. The van der Waals surface area contributed by atoms with Gasteiger partial charge in [0.2, 0.25) is 17.7 Å². The fourth-order valence-electron chi connectivity index (χ4n) is 6.73. The van der Waals surface area contributed by atoms with Crippen LogP contribution in [0.5, 0.6) is 0 Å². The van der Waals surface area contributed by atoms with Gasteiger partial charge in [0.25, 0.3) is 0 Å². The van der Waals surface area contributed by atoms with Gasteiger partial charge in [0.1, 0.15) is 6.04 Å². The van der Waals surface area contributed by atoms with Crippen LogP contribution in [-0.2, 0) is 14.4 Å². The summed E-state index contributed by atoms with van der Waals surface area (Å²) in [4.78, 5) is 47.9. The minimum absolute atomic E-state index is 0.00297. The lowest BCUT2D eigenvalue weighted by atomic mass is 9.70. The SMILES string of the molecule is C=CCN(CCCCC)C(=O)C1N([C@@H](CO)C(C)C)C(=O)[C@@H]2[C@H](C(=O)N(CC=C)CCC)[C@@H]3CCC12S3. The number of hydrogen-bond acceptors (Lipinski definition) is 5. The van der Waals surface area contributed by atoms with Crippen molar-refractivity contribution in [2.75, 3.05) is 32.8 Å². The van der Waals surface area contributed by atoms with Crippen molar-refractivity contribution in [1.82, 2.24) is 14.7 Å². The summed E-state index contributed by atoms with van der Waals surface area (Å²) in [5.74, 6) is -1.22. The van der Waals surface area contributed by atoms with E-state index >= 15 is 0 Å². The number of likely N-dealkylation sites (tertiary alicyclic amines) is 1. The molecule has 0 aromatic rings. The van der Waals surface area contributed by atoms with Gasteiger partial charge < -0.3 is 19.8 Å². The van der Waals surface area contributed by atoms with Crippen LogP contribution in [0.1, 0.15) is 66.2 Å². The Morgan fingerprint density at radius 3 is 2.30 bits per heavy atom. The van der Waals surface area contributed by atoms with E-state index < -0.39 is 28.7 Å². The van der Waals surface area contributed by atoms with E-state index in [0.717, 1.165) is 38.5 Å². The Morgan fingerprint density at radius 1 is 1.11 bits per heavy atom. The molecule has 3 saturated heterocycles. The molecule has 3 rings (SSSR count). The predicted octanol–water partition coefficient (Wildman–Crippen LogP) is 3.72. The summed E-state index contributed by atoms with van der Waals surface area (Å²) >= 11 is 1.70. The molecule has 0 aromatic heterocycles. The second kappa shape index (κ2) is 12.8. The van der Waals surface area contributed by atoms with Crippen molar-refractivity contribution in [3.05, 3.63) is 25.3 Å². The summed E-state index contributed by atoms with van der Waals surface area (Å²) in [5, 5.41) is 10.4. The van der Waals surface area contributed by atoms with Crippen LogP contribution in [0.25, 0.3) is 0 Å². The maximum absolute atomic E-state index is 14.3. The van der Waals surface area contributed by atoms with Gasteiger partial charge in [-0.2, -0.15) is 0 Å². The first-order valence-corrected chi connectivity index (χ1v) is 15.0. The van der Waals surface area contributed by atoms with E-state index in [-0.39, 0.29) is 35.5 Å². The van der Waals surface area contributed by atoms with Gasteiger partial charge in [0.15, 0.2) is 0 Å². The molecule has 208 valence electrons. The number of fused-ring (bicyclic) bond motifs is 1.